The molecule has 1 fully saturated rings. The molecule has 1 unspecified atom stereocenters. The first kappa shape index (κ1) is 13.8. The number of thiocarbonyl (C=S) groups is 1. The third kappa shape index (κ3) is 3.38. The molecule has 1 aliphatic rings. The summed E-state index contributed by atoms with van der Waals surface area (Å²) in [6.45, 7) is 0.974. The maximum Gasteiger partial charge on any atom is 0.214 e. The number of hydrogen-bond acceptors (Lipinski definition) is 4. The average molecular weight is 266 g/mol. The molecular weight excluding hydrogens is 248 g/mol. The summed E-state index contributed by atoms with van der Waals surface area (Å²) in [5.41, 5.74) is 5.54. The third-order valence-corrected chi connectivity index (χ3v) is 4.87. The first-order chi connectivity index (χ1) is 7.49. The van der Waals surface area contributed by atoms with Crippen LogP contribution in [-0.2, 0) is 14.8 Å². The number of nitrogens with two attached hydrogens (primary N) is 1. The summed E-state index contributed by atoms with van der Waals surface area (Å²) in [4.78, 5) is 0.271. The molecule has 0 aromatic rings. The summed E-state index contributed by atoms with van der Waals surface area (Å²) in [7, 11) is -1.68. The van der Waals surface area contributed by atoms with E-state index in [0.29, 0.717) is 19.6 Å². The molecule has 0 bridgehead atoms. The Hall–Kier alpha value is -0.240. The molecule has 1 heterocycles. The maximum atomic E-state index is 12.0. The minimum atomic E-state index is -3.24. The topological polar surface area (TPSA) is 72.6 Å². The van der Waals surface area contributed by atoms with Gasteiger partial charge in [0.15, 0.2) is 0 Å². The fourth-order valence-electron chi connectivity index (χ4n) is 1.86. The largest absolute Gasteiger partial charge is 0.392 e. The van der Waals surface area contributed by atoms with Crippen molar-refractivity contribution >= 4 is 27.2 Å². The van der Waals surface area contributed by atoms with E-state index in [1.807, 2.05) is 0 Å². The van der Waals surface area contributed by atoms with Crippen LogP contribution in [0.2, 0.25) is 0 Å². The van der Waals surface area contributed by atoms with E-state index in [9.17, 15) is 8.42 Å². The highest BCUT2D eigenvalue weighted by atomic mass is 32.2. The quantitative estimate of drug-likeness (QED) is 0.545. The van der Waals surface area contributed by atoms with E-state index in [1.165, 1.54) is 4.31 Å². The lowest BCUT2D eigenvalue weighted by Gasteiger charge is -2.22. The van der Waals surface area contributed by atoms with Gasteiger partial charge in [0.25, 0.3) is 0 Å². The number of nitrogens with zero attached hydrogens (tertiary/aromatic N) is 1. The Labute approximate surface area is 102 Å². The molecule has 1 saturated heterocycles. The van der Waals surface area contributed by atoms with Crippen LogP contribution in [0.5, 0.6) is 0 Å². The molecule has 0 radical (unpaired) electrons. The molecule has 0 aromatic carbocycles. The Balaban J connectivity index is 2.63. The highest BCUT2D eigenvalue weighted by Crippen LogP contribution is 2.21. The summed E-state index contributed by atoms with van der Waals surface area (Å²) in [6, 6.07) is -0.289. The van der Waals surface area contributed by atoms with Crippen molar-refractivity contribution in [2.24, 2.45) is 5.73 Å². The molecule has 2 N–H and O–H groups in total. The second-order valence-electron chi connectivity index (χ2n) is 3.83. The zero-order chi connectivity index (χ0) is 12.2. The lowest BCUT2D eigenvalue weighted by molar-refractivity contribution is 0.199. The van der Waals surface area contributed by atoms with Crippen molar-refractivity contribution in [2.45, 2.75) is 25.3 Å². The van der Waals surface area contributed by atoms with Gasteiger partial charge in [-0.2, -0.15) is 4.31 Å². The lowest BCUT2D eigenvalue weighted by Crippen LogP contribution is -2.43. The van der Waals surface area contributed by atoms with Gasteiger partial charge in [0.05, 0.1) is 16.8 Å². The maximum absolute atomic E-state index is 12.0. The highest BCUT2D eigenvalue weighted by molar-refractivity contribution is 7.89. The summed E-state index contributed by atoms with van der Waals surface area (Å²) in [5, 5.41) is 0. The smallest absolute Gasteiger partial charge is 0.214 e. The van der Waals surface area contributed by atoms with Gasteiger partial charge in [-0.3, -0.25) is 0 Å². The van der Waals surface area contributed by atoms with Crippen LogP contribution in [0.25, 0.3) is 0 Å². The Bertz CT molecular complexity index is 343. The molecule has 94 valence electrons. The van der Waals surface area contributed by atoms with Crippen molar-refractivity contribution < 1.29 is 13.2 Å². The van der Waals surface area contributed by atoms with E-state index < -0.39 is 10.0 Å². The van der Waals surface area contributed by atoms with Gasteiger partial charge in [0.2, 0.25) is 10.0 Å². The molecular formula is C9H18N2O3S2. The molecule has 1 aliphatic heterocycles. The van der Waals surface area contributed by atoms with E-state index in [4.69, 9.17) is 22.7 Å². The minimum absolute atomic E-state index is 0.0972. The second-order valence-corrected chi connectivity index (χ2v) is 6.35. The van der Waals surface area contributed by atoms with Gasteiger partial charge in [0, 0.05) is 20.3 Å². The van der Waals surface area contributed by atoms with Crippen LogP contribution in [0.3, 0.4) is 0 Å². The highest BCUT2D eigenvalue weighted by Gasteiger charge is 2.35. The van der Waals surface area contributed by atoms with Crippen LogP contribution >= 0.6 is 12.2 Å². The van der Waals surface area contributed by atoms with Crippen molar-refractivity contribution in [1.29, 1.82) is 0 Å². The van der Waals surface area contributed by atoms with Gasteiger partial charge < -0.3 is 10.5 Å². The van der Waals surface area contributed by atoms with Gasteiger partial charge in [-0.25, -0.2) is 8.42 Å². The van der Waals surface area contributed by atoms with Gasteiger partial charge >= 0.3 is 0 Å². The predicted molar refractivity (Wildman–Crippen MR) is 66.8 cm³/mol. The molecule has 7 heteroatoms. The average Bonchev–Trinajstić information content (AvgIpc) is 2.66. The lowest BCUT2D eigenvalue weighted by atomic mass is 10.2. The van der Waals surface area contributed by atoms with E-state index in [1.54, 1.807) is 7.11 Å². The monoisotopic (exact) mass is 266 g/mol. The Kier molecular flexibility index (Phi) is 5.10. The van der Waals surface area contributed by atoms with E-state index in [0.717, 1.165) is 12.8 Å². The van der Waals surface area contributed by atoms with Crippen molar-refractivity contribution in [3.05, 3.63) is 0 Å². The van der Waals surface area contributed by atoms with Gasteiger partial charge in [-0.15, -0.1) is 0 Å². The van der Waals surface area contributed by atoms with Crippen molar-refractivity contribution in [1.82, 2.24) is 4.31 Å². The van der Waals surface area contributed by atoms with Crippen LogP contribution in [0.4, 0.5) is 0 Å². The predicted octanol–water partition coefficient (Wildman–Crippen LogP) is 0.103. The Morgan fingerprint density at radius 3 is 2.88 bits per heavy atom. The van der Waals surface area contributed by atoms with Crippen LogP contribution in [0.1, 0.15) is 19.3 Å². The fourth-order valence-corrected chi connectivity index (χ4v) is 3.90. The molecule has 1 atom stereocenters. The molecule has 0 aliphatic carbocycles. The number of sulfonamides is 1. The standard InChI is InChI=1S/C9H18N2O3S2/c1-14-6-3-7-16(12,13)11-5-2-4-8(11)9(10)15/h8H,2-7H2,1H3,(H2,10,15). The summed E-state index contributed by atoms with van der Waals surface area (Å²) < 4.78 is 30.2. The van der Waals surface area contributed by atoms with Crippen LogP contribution in [-0.4, -0.2) is 49.8 Å². The number of ether oxygens (including phenoxy) is 1. The Morgan fingerprint density at radius 1 is 1.62 bits per heavy atom. The van der Waals surface area contributed by atoms with Crippen LogP contribution < -0.4 is 5.73 Å². The van der Waals surface area contributed by atoms with E-state index in [-0.39, 0.29) is 16.8 Å². The zero-order valence-corrected chi connectivity index (χ0v) is 11.0. The van der Waals surface area contributed by atoms with Gasteiger partial charge in [-0.05, 0) is 19.3 Å². The second kappa shape index (κ2) is 5.90. The van der Waals surface area contributed by atoms with Crippen molar-refractivity contribution in [3.8, 4) is 0 Å². The normalized spacial score (nSPS) is 22.4. The van der Waals surface area contributed by atoms with Crippen molar-refractivity contribution in [2.75, 3.05) is 26.0 Å². The molecule has 0 aromatic heterocycles. The molecule has 1 rings (SSSR count). The fraction of sp³-hybridized carbons (Fsp3) is 0.889. The summed E-state index contributed by atoms with van der Waals surface area (Å²) in [6.07, 6.45) is 2.06. The third-order valence-electron chi connectivity index (χ3n) is 2.64. The van der Waals surface area contributed by atoms with Crippen LogP contribution in [0, 0.1) is 0 Å². The first-order valence-electron chi connectivity index (χ1n) is 5.27. The van der Waals surface area contributed by atoms with E-state index in [2.05, 4.69) is 0 Å². The summed E-state index contributed by atoms with van der Waals surface area (Å²) >= 11 is 4.88. The number of methoxy groups -OCH3 is 1. The molecule has 0 spiro atoms. The SMILES string of the molecule is COCCCS(=O)(=O)N1CCCC1C(N)=S. The van der Waals surface area contributed by atoms with E-state index >= 15 is 0 Å². The zero-order valence-electron chi connectivity index (χ0n) is 9.39. The van der Waals surface area contributed by atoms with Gasteiger partial charge in [0.1, 0.15) is 0 Å². The first-order valence-corrected chi connectivity index (χ1v) is 7.28. The number of hydrogen-bond donors (Lipinski definition) is 1. The van der Waals surface area contributed by atoms with Crippen LogP contribution in [0.15, 0.2) is 0 Å². The van der Waals surface area contributed by atoms with Gasteiger partial charge in [-0.1, -0.05) is 12.2 Å². The Morgan fingerprint density at radius 2 is 2.31 bits per heavy atom. The van der Waals surface area contributed by atoms with Crippen molar-refractivity contribution in [3.63, 3.8) is 0 Å². The molecule has 0 amide bonds. The summed E-state index contributed by atoms with van der Waals surface area (Å²) in [5.74, 6) is 0.0972. The number of rotatable bonds is 6. The molecule has 16 heavy (non-hydrogen) atoms. The molecule has 5 nitrogen and oxygen atoms in total. The molecule has 0 saturated carbocycles. The minimum Gasteiger partial charge on any atom is -0.392 e.